The fourth-order valence-electron chi connectivity index (χ4n) is 8.77. The Kier molecular flexibility index (Phi) is 13.7. The summed E-state index contributed by atoms with van der Waals surface area (Å²) < 4.78 is 16.6. The van der Waals surface area contributed by atoms with Gasteiger partial charge in [0, 0.05) is 77.9 Å². The number of benzene rings is 2. The molecule has 4 aliphatic rings. The molecule has 2 aromatic carbocycles. The minimum absolute atomic E-state index is 0.0964. The van der Waals surface area contributed by atoms with Crippen LogP contribution in [0.4, 0.5) is 0 Å². The number of halogens is 2. The smallest absolute Gasteiger partial charge is 0.336 e. The maximum absolute atomic E-state index is 14.2. The summed E-state index contributed by atoms with van der Waals surface area (Å²) in [5.41, 5.74) is 9.21. The first-order valence-corrected chi connectivity index (χ1v) is 19.8. The van der Waals surface area contributed by atoms with Crippen LogP contribution < -0.4 is 11.1 Å². The zero-order valence-electron chi connectivity index (χ0n) is 31.6. The lowest BCUT2D eigenvalue weighted by Gasteiger charge is -2.45. The molecular weight excluding hydrogens is 729 g/mol. The Morgan fingerprint density at radius 1 is 0.815 bits per heavy atom. The number of carbonyl (C=O) groups is 3. The minimum atomic E-state index is -1.06. The number of piperidine rings is 1. The number of fused-ring (bicyclic) bond motifs is 2. The topological polar surface area (TPSA) is 127 Å². The molecular formula is C41H53Cl2N5O6. The molecule has 4 aliphatic heterocycles. The van der Waals surface area contributed by atoms with Crippen molar-refractivity contribution in [1.29, 1.82) is 0 Å². The number of carbonyl (C=O) groups excluding carboxylic acids is 3. The van der Waals surface area contributed by atoms with E-state index in [1.54, 1.807) is 18.2 Å². The Hall–Kier alpha value is -3.45. The monoisotopic (exact) mass is 781 g/mol. The number of rotatable bonds is 14. The van der Waals surface area contributed by atoms with Crippen LogP contribution in [0.25, 0.3) is 0 Å². The lowest BCUT2D eigenvalue weighted by atomic mass is 9.78. The molecule has 3 atom stereocenters. The summed E-state index contributed by atoms with van der Waals surface area (Å²) >= 11 is 13.7. The van der Waals surface area contributed by atoms with Crippen molar-refractivity contribution in [3.8, 4) is 0 Å². The third kappa shape index (κ3) is 8.82. The Morgan fingerprint density at radius 2 is 1.43 bits per heavy atom. The van der Waals surface area contributed by atoms with E-state index in [1.807, 2.05) is 29.2 Å². The van der Waals surface area contributed by atoms with Crippen molar-refractivity contribution in [2.75, 3.05) is 60.6 Å². The normalized spacial score (nSPS) is 23.4. The fourth-order valence-corrected chi connectivity index (χ4v) is 9.39. The molecule has 3 unspecified atom stereocenters. The number of hydrogen-bond donors (Lipinski definition) is 2. The molecule has 292 valence electrons. The summed E-state index contributed by atoms with van der Waals surface area (Å²) in [6.07, 6.45) is 6.43. The van der Waals surface area contributed by atoms with E-state index in [9.17, 15) is 14.4 Å². The van der Waals surface area contributed by atoms with Gasteiger partial charge in [-0.25, -0.2) is 9.59 Å². The first-order valence-electron chi connectivity index (χ1n) is 19.1. The second kappa shape index (κ2) is 18.5. The first kappa shape index (κ1) is 40.2. The van der Waals surface area contributed by atoms with Gasteiger partial charge in [-0.05, 0) is 81.8 Å². The van der Waals surface area contributed by atoms with Gasteiger partial charge in [-0.15, -0.1) is 0 Å². The lowest BCUT2D eigenvalue weighted by molar-refractivity contribution is -0.137. The number of hydrogen-bond acceptors (Lipinski definition) is 10. The number of ether oxygens (including phenoxy) is 3. The molecule has 6 rings (SSSR count). The van der Waals surface area contributed by atoms with Crippen molar-refractivity contribution >= 4 is 41.0 Å². The largest absolute Gasteiger partial charge is 0.466 e. The molecule has 3 fully saturated rings. The Bertz CT molecular complexity index is 1720. The maximum atomic E-state index is 14.2. The first-order chi connectivity index (χ1) is 26.1. The van der Waals surface area contributed by atoms with Crippen molar-refractivity contribution in [2.45, 2.75) is 82.0 Å². The van der Waals surface area contributed by atoms with E-state index in [1.165, 1.54) is 39.9 Å². The Balaban J connectivity index is 1.29. The van der Waals surface area contributed by atoms with E-state index < -0.39 is 17.9 Å². The predicted octanol–water partition coefficient (Wildman–Crippen LogP) is 5.19. The number of nitrogens with two attached hydrogens (primary N) is 1. The highest BCUT2D eigenvalue weighted by molar-refractivity contribution is 6.36. The third-order valence-electron chi connectivity index (χ3n) is 11.7. The number of methoxy groups -OCH3 is 2. The number of aryl methyl sites for hydroxylation is 1. The second-order valence-corrected chi connectivity index (χ2v) is 15.5. The molecule has 0 spiro atoms. The van der Waals surface area contributed by atoms with Crippen LogP contribution in [-0.2, 0) is 41.6 Å². The van der Waals surface area contributed by atoms with Crippen LogP contribution in [-0.4, -0.2) is 111 Å². The van der Waals surface area contributed by atoms with Gasteiger partial charge in [0.2, 0.25) is 5.91 Å². The number of dihydropyridines is 1. The van der Waals surface area contributed by atoms with Crippen LogP contribution in [0.5, 0.6) is 0 Å². The van der Waals surface area contributed by atoms with Gasteiger partial charge in [0.05, 0.1) is 44.3 Å². The molecule has 1 amide bonds. The quantitative estimate of drug-likeness (QED) is 0.195. The van der Waals surface area contributed by atoms with Crippen LogP contribution in [0.1, 0.15) is 67.6 Å². The molecule has 4 heterocycles. The zero-order valence-corrected chi connectivity index (χ0v) is 33.1. The van der Waals surface area contributed by atoms with Crippen LogP contribution >= 0.6 is 23.2 Å². The fraction of sp³-hybridized carbons (Fsp3) is 0.537. The van der Waals surface area contributed by atoms with Gasteiger partial charge in [-0.1, -0.05) is 53.5 Å². The van der Waals surface area contributed by atoms with Crippen LogP contribution in [0.2, 0.25) is 10.0 Å². The molecule has 0 radical (unpaired) electrons. The lowest BCUT2D eigenvalue weighted by Crippen LogP contribution is -2.56. The zero-order chi connectivity index (χ0) is 38.4. The summed E-state index contributed by atoms with van der Waals surface area (Å²) in [7, 11) is 4.82. The Labute approximate surface area is 328 Å². The van der Waals surface area contributed by atoms with E-state index in [4.69, 9.17) is 43.1 Å². The van der Waals surface area contributed by atoms with Crippen molar-refractivity contribution in [1.82, 2.24) is 20.0 Å². The second-order valence-electron chi connectivity index (χ2n) is 14.7. The molecule has 3 saturated heterocycles. The average molecular weight is 783 g/mol. The highest BCUT2D eigenvalue weighted by atomic mass is 35.5. The summed E-state index contributed by atoms with van der Waals surface area (Å²) in [5.74, 6) is -2.53. The van der Waals surface area contributed by atoms with E-state index >= 15 is 0 Å². The van der Waals surface area contributed by atoms with Crippen LogP contribution in [0.15, 0.2) is 65.0 Å². The van der Waals surface area contributed by atoms with Crippen molar-refractivity contribution in [3.63, 3.8) is 0 Å². The van der Waals surface area contributed by atoms with Crippen LogP contribution in [0.3, 0.4) is 0 Å². The van der Waals surface area contributed by atoms with Crippen molar-refractivity contribution in [3.05, 3.63) is 91.7 Å². The van der Waals surface area contributed by atoms with Gasteiger partial charge in [-0.3, -0.25) is 9.69 Å². The van der Waals surface area contributed by atoms with Gasteiger partial charge in [0.1, 0.15) is 0 Å². The highest BCUT2D eigenvalue weighted by Gasteiger charge is 2.43. The molecule has 2 aromatic rings. The third-order valence-corrected chi connectivity index (χ3v) is 12.4. The Morgan fingerprint density at radius 3 is 2.04 bits per heavy atom. The van der Waals surface area contributed by atoms with Crippen LogP contribution in [0, 0.1) is 0 Å². The number of nitrogens with one attached hydrogen (secondary N) is 1. The molecule has 3 N–H and O–H groups in total. The number of amides is 1. The van der Waals surface area contributed by atoms with E-state index in [-0.39, 0.29) is 33.5 Å². The van der Waals surface area contributed by atoms with E-state index in [0.29, 0.717) is 80.8 Å². The SMILES string of the molecule is COC(=O)C1=C(CCc2ccccc2COCCCN)NC(CC(=O)N2CCN(C3CC4CCC(C3)N4C)CC2)=C(C(=O)OC)C1c1c(Cl)cccc1Cl. The maximum Gasteiger partial charge on any atom is 0.336 e. The summed E-state index contributed by atoms with van der Waals surface area (Å²) in [6, 6.07) is 14.8. The number of esters is 2. The molecule has 11 nitrogen and oxygen atoms in total. The van der Waals surface area contributed by atoms with Crippen molar-refractivity contribution in [2.24, 2.45) is 5.73 Å². The molecule has 13 heteroatoms. The molecule has 0 saturated carbocycles. The van der Waals surface area contributed by atoms with Gasteiger partial charge >= 0.3 is 11.9 Å². The van der Waals surface area contributed by atoms with Gasteiger partial charge in [0.25, 0.3) is 0 Å². The summed E-state index contributed by atoms with van der Waals surface area (Å²) in [4.78, 5) is 48.8. The van der Waals surface area contributed by atoms with E-state index in [0.717, 1.165) is 30.6 Å². The predicted molar refractivity (Wildman–Crippen MR) is 209 cm³/mol. The van der Waals surface area contributed by atoms with Gasteiger partial charge in [0.15, 0.2) is 0 Å². The number of piperazine rings is 1. The van der Waals surface area contributed by atoms with Crippen molar-refractivity contribution < 1.29 is 28.6 Å². The molecule has 0 aliphatic carbocycles. The standard InChI is InChI=1S/C41H53Cl2N5O6/c1-46-28-13-14-29(46)23-30(22-28)47-17-19-48(20-18-47)35(49)24-34-38(41(51)53-3)39(36-31(42)10-6-11-32(36)43)37(40(50)52-2)33(45-34)15-12-26-8-4-5-9-27(26)25-54-21-7-16-44/h4-6,8-11,28-30,39,45H,7,12-25,44H2,1-3H3. The van der Waals surface area contributed by atoms with Gasteiger partial charge in [-0.2, -0.15) is 0 Å². The highest BCUT2D eigenvalue weighted by Crippen LogP contribution is 2.46. The van der Waals surface area contributed by atoms with E-state index in [2.05, 4.69) is 22.2 Å². The summed E-state index contributed by atoms with van der Waals surface area (Å²) in [5, 5.41) is 3.92. The molecule has 54 heavy (non-hydrogen) atoms. The number of nitrogens with zero attached hydrogens (tertiary/aromatic N) is 3. The van der Waals surface area contributed by atoms with Gasteiger partial charge < -0.3 is 35.1 Å². The number of allylic oxidation sites excluding steroid dienone is 1. The average Bonchev–Trinajstić information content (AvgIpc) is 3.36. The summed E-state index contributed by atoms with van der Waals surface area (Å²) in [6.45, 7) is 4.33. The molecule has 0 aromatic heterocycles. The molecule has 2 bridgehead atoms. The minimum Gasteiger partial charge on any atom is -0.466 e.